The summed E-state index contributed by atoms with van der Waals surface area (Å²) >= 11 is 6.86. The van der Waals surface area contributed by atoms with Crippen molar-refractivity contribution in [3.63, 3.8) is 0 Å². The molecule has 4 heteroatoms. The van der Waals surface area contributed by atoms with E-state index in [1.165, 1.54) is 0 Å². The molecule has 2 rings (SSSR count). The summed E-state index contributed by atoms with van der Waals surface area (Å²) in [5, 5.41) is 2.16. The van der Waals surface area contributed by atoms with Gasteiger partial charge in [-0.05, 0) is 50.1 Å². The fourth-order valence-electron chi connectivity index (χ4n) is 1.28. The Balaban J connectivity index is 2.80. The first-order chi connectivity index (χ1) is 6.72. The molecule has 0 aliphatic heterocycles. The van der Waals surface area contributed by atoms with Gasteiger partial charge in [0.2, 0.25) is 0 Å². The maximum absolute atomic E-state index is 5.15. The smallest absolute Gasteiger partial charge is 0.119 e. The molecule has 0 radical (unpaired) electrons. The molecule has 0 saturated heterocycles. The molecule has 0 fully saturated rings. The Hall–Kier alpha value is -0.610. The second-order valence-electron chi connectivity index (χ2n) is 2.81. The largest absolute Gasteiger partial charge is 0.497 e. The maximum atomic E-state index is 5.15. The van der Waals surface area contributed by atoms with Crippen molar-refractivity contribution in [1.29, 1.82) is 0 Å². The van der Waals surface area contributed by atoms with Crippen LogP contribution in [-0.4, -0.2) is 12.1 Å². The molecule has 0 saturated carbocycles. The molecule has 14 heavy (non-hydrogen) atoms. The van der Waals surface area contributed by atoms with Gasteiger partial charge in [0.15, 0.2) is 0 Å². The molecule has 1 aromatic heterocycles. The highest BCUT2D eigenvalue weighted by Crippen LogP contribution is 2.30. The lowest BCUT2D eigenvalue weighted by molar-refractivity contribution is 0.415. The van der Waals surface area contributed by atoms with Gasteiger partial charge < -0.3 is 4.74 Å². The van der Waals surface area contributed by atoms with Crippen LogP contribution in [0.5, 0.6) is 5.75 Å². The van der Waals surface area contributed by atoms with E-state index in [4.69, 9.17) is 4.74 Å². The summed E-state index contributed by atoms with van der Waals surface area (Å²) in [6.45, 7) is 0. The molecule has 1 aromatic carbocycles. The van der Waals surface area contributed by atoms with Gasteiger partial charge in [-0.25, -0.2) is 4.98 Å². The van der Waals surface area contributed by atoms with Crippen LogP contribution in [0.15, 0.2) is 33.5 Å². The first-order valence-electron chi connectivity index (χ1n) is 4.00. The highest BCUT2D eigenvalue weighted by Gasteiger charge is 2.04. The van der Waals surface area contributed by atoms with E-state index in [1.807, 2.05) is 18.2 Å². The minimum absolute atomic E-state index is 0.828. The van der Waals surface area contributed by atoms with Crippen molar-refractivity contribution in [3.8, 4) is 5.75 Å². The minimum Gasteiger partial charge on any atom is -0.497 e. The predicted octanol–water partition coefficient (Wildman–Crippen LogP) is 3.77. The van der Waals surface area contributed by atoms with Crippen LogP contribution in [0.2, 0.25) is 0 Å². The summed E-state index contributed by atoms with van der Waals surface area (Å²) < 4.78 is 6.97. The van der Waals surface area contributed by atoms with E-state index in [0.29, 0.717) is 0 Å². The number of rotatable bonds is 1. The Kier molecular flexibility index (Phi) is 2.74. The van der Waals surface area contributed by atoms with Crippen molar-refractivity contribution in [2.24, 2.45) is 0 Å². The summed E-state index contributed by atoms with van der Waals surface area (Å²) in [4.78, 5) is 4.20. The standard InChI is InChI=1S/C10H7Br2NO/c1-14-6-2-3-7-8(4-6)10(12)13-5-9(7)11/h2-5H,1H3. The molecule has 0 amide bonds. The molecule has 2 nitrogen and oxygen atoms in total. The average Bonchev–Trinajstić information content (AvgIpc) is 2.23. The second kappa shape index (κ2) is 3.87. The van der Waals surface area contributed by atoms with E-state index in [-0.39, 0.29) is 0 Å². The molecule has 0 atom stereocenters. The molecule has 0 spiro atoms. The molecule has 1 heterocycles. The molecule has 0 N–H and O–H groups in total. The molecule has 72 valence electrons. The number of pyridine rings is 1. The quantitative estimate of drug-likeness (QED) is 0.747. The summed E-state index contributed by atoms with van der Waals surface area (Å²) in [6.07, 6.45) is 1.78. The summed E-state index contributed by atoms with van der Waals surface area (Å²) in [5.41, 5.74) is 0. The maximum Gasteiger partial charge on any atom is 0.119 e. The van der Waals surface area contributed by atoms with Crippen LogP contribution in [0, 0.1) is 0 Å². The number of aromatic nitrogens is 1. The van der Waals surface area contributed by atoms with Crippen LogP contribution in [0.1, 0.15) is 0 Å². The van der Waals surface area contributed by atoms with Gasteiger partial charge in [0, 0.05) is 21.4 Å². The summed E-state index contributed by atoms with van der Waals surface area (Å²) in [6, 6.07) is 5.89. The van der Waals surface area contributed by atoms with Gasteiger partial charge in [-0.1, -0.05) is 0 Å². The summed E-state index contributed by atoms with van der Waals surface area (Å²) in [5.74, 6) is 0.832. The fourth-order valence-corrected chi connectivity index (χ4v) is 2.16. The summed E-state index contributed by atoms with van der Waals surface area (Å²) in [7, 11) is 1.65. The highest BCUT2D eigenvalue weighted by atomic mass is 79.9. The lowest BCUT2D eigenvalue weighted by Crippen LogP contribution is -1.85. The third-order valence-electron chi connectivity index (χ3n) is 2.00. The van der Waals surface area contributed by atoms with Crippen molar-refractivity contribution >= 4 is 42.6 Å². The normalized spacial score (nSPS) is 10.5. The molecule has 0 aliphatic rings. The number of fused-ring (bicyclic) bond motifs is 1. The zero-order chi connectivity index (χ0) is 10.1. The Morgan fingerprint density at radius 3 is 2.71 bits per heavy atom. The van der Waals surface area contributed by atoms with Gasteiger partial charge in [-0.15, -0.1) is 0 Å². The number of halogens is 2. The van der Waals surface area contributed by atoms with E-state index < -0.39 is 0 Å². The number of nitrogens with zero attached hydrogens (tertiary/aromatic N) is 1. The third-order valence-corrected chi connectivity index (χ3v) is 3.26. The monoisotopic (exact) mass is 315 g/mol. The molecular formula is C10H7Br2NO. The SMILES string of the molecule is COc1ccc2c(Br)cnc(Br)c2c1. The Labute approximate surface area is 98.5 Å². The van der Waals surface area contributed by atoms with E-state index in [9.17, 15) is 0 Å². The zero-order valence-corrected chi connectivity index (χ0v) is 10.6. The van der Waals surface area contributed by atoms with Gasteiger partial charge >= 0.3 is 0 Å². The lowest BCUT2D eigenvalue weighted by Gasteiger charge is -2.05. The number of hydrogen-bond acceptors (Lipinski definition) is 2. The number of hydrogen-bond donors (Lipinski definition) is 0. The average molecular weight is 317 g/mol. The van der Waals surface area contributed by atoms with Crippen molar-refractivity contribution in [1.82, 2.24) is 4.98 Å². The Morgan fingerprint density at radius 1 is 1.21 bits per heavy atom. The van der Waals surface area contributed by atoms with Crippen molar-refractivity contribution in [2.75, 3.05) is 7.11 Å². The van der Waals surface area contributed by atoms with Crippen molar-refractivity contribution < 1.29 is 4.74 Å². The van der Waals surface area contributed by atoms with Crippen molar-refractivity contribution in [3.05, 3.63) is 33.5 Å². The van der Waals surface area contributed by atoms with Crippen LogP contribution < -0.4 is 4.74 Å². The van der Waals surface area contributed by atoms with Crippen LogP contribution in [0.4, 0.5) is 0 Å². The van der Waals surface area contributed by atoms with E-state index in [1.54, 1.807) is 13.3 Å². The van der Waals surface area contributed by atoms with Crippen LogP contribution in [-0.2, 0) is 0 Å². The number of benzene rings is 1. The molecular weight excluding hydrogens is 310 g/mol. The first-order valence-corrected chi connectivity index (χ1v) is 5.58. The van der Waals surface area contributed by atoms with E-state index in [0.717, 1.165) is 25.6 Å². The van der Waals surface area contributed by atoms with E-state index in [2.05, 4.69) is 36.8 Å². The second-order valence-corrected chi connectivity index (χ2v) is 4.41. The van der Waals surface area contributed by atoms with Crippen LogP contribution in [0.3, 0.4) is 0 Å². The van der Waals surface area contributed by atoms with Gasteiger partial charge in [0.25, 0.3) is 0 Å². The number of methoxy groups -OCH3 is 1. The molecule has 0 unspecified atom stereocenters. The molecule has 0 aliphatic carbocycles. The first kappa shape index (κ1) is 9.93. The Bertz CT molecular complexity index is 485. The minimum atomic E-state index is 0.828. The fraction of sp³-hybridized carbons (Fsp3) is 0.100. The Morgan fingerprint density at radius 2 is 2.00 bits per heavy atom. The molecule has 2 aromatic rings. The van der Waals surface area contributed by atoms with Crippen molar-refractivity contribution in [2.45, 2.75) is 0 Å². The topological polar surface area (TPSA) is 22.1 Å². The number of ether oxygens (including phenoxy) is 1. The zero-order valence-electron chi connectivity index (χ0n) is 7.42. The van der Waals surface area contributed by atoms with Gasteiger partial charge in [-0.3, -0.25) is 0 Å². The third kappa shape index (κ3) is 1.64. The van der Waals surface area contributed by atoms with Gasteiger partial charge in [-0.2, -0.15) is 0 Å². The van der Waals surface area contributed by atoms with Gasteiger partial charge in [0.1, 0.15) is 10.4 Å². The van der Waals surface area contributed by atoms with E-state index >= 15 is 0 Å². The van der Waals surface area contributed by atoms with Crippen LogP contribution in [0.25, 0.3) is 10.8 Å². The lowest BCUT2D eigenvalue weighted by atomic mass is 10.2. The highest BCUT2D eigenvalue weighted by molar-refractivity contribution is 9.11. The van der Waals surface area contributed by atoms with Gasteiger partial charge in [0.05, 0.1) is 7.11 Å². The predicted molar refractivity (Wildman–Crippen MR) is 63.7 cm³/mol. The molecule has 0 bridgehead atoms. The van der Waals surface area contributed by atoms with Crippen LogP contribution >= 0.6 is 31.9 Å².